The van der Waals surface area contributed by atoms with E-state index in [1.807, 2.05) is 26.0 Å². The molecule has 0 amide bonds. The fourth-order valence-corrected chi connectivity index (χ4v) is 3.10. The summed E-state index contributed by atoms with van der Waals surface area (Å²) in [4.78, 5) is 0. The second-order valence-electron chi connectivity index (χ2n) is 3.80. The lowest BCUT2D eigenvalue weighted by atomic mass is 10.2. The van der Waals surface area contributed by atoms with Crippen LogP contribution in [0.1, 0.15) is 12.5 Å². The van der Waals surface area contributed by atoms with Crippen LogP contribution in [0.5, 0.6) is 0 Å². The van der Waals surface area contributed by atoms with Crippen molar-refractivity contribution in [2.24, 2.45) is 0 Å². The molecule has 0 saturated heterocycles. The van der Waals surface area contributed by atoms with E-state index in [2.05, 4.69) is 37.2 Å². The summed E-state index contributed by atoms with van der Waals surface area (Å²) in [5, 5.41) is 12.9. The Hall–Kier alpha value is -0.100. The van der Waals surface area contributed by atoms with Crippen LogP contribution in [0.25, 0.3) is 0 Å². The highest BCUT2D eigenvalue weighted by Gasteiger charge is 2.09. The minimum Gasteiger partial charge on any atom is -0.389 e. The van der Waals surface area contributed by atoms with Crippen molar-refractivity contribution in [1.82, 2.24) is 0 Å². The molecule has 96 valence electrons. The molecule has 0 aliphatic heterocycles. The van der Waals surface area contributed by atoms with Gasteiger partial charge in [0.25, 0.3) is 0 Å². The first-order valence-corrected chi connectivity index (χ1v) is 7.08. The summed E-state index contributed by atoms with van der Waals surface area (Å²) >= 11 is 6.99. The number of halogens is 2. The number of hydrogen-bond donors (Lipinski definition) is 2. The molecule has 0 aliphatic rings. The quantitative estimate of drug-likeness (QED) is 0.811. The second-order valence-corrected chi connectivity index (χ2v) is 5.51. The fourth-order valence-electron chi connectivity index (χ4n) is 1.40. The van der Waals surface area contributed by atoms with Gasteiger partial charge >= 0.3 is 0 Å². The third-order valence-electron chi connectivity index (χ3n) is 2.22. The second kappa shape index (κ2) is 7.36. The van der Waals surface area contributed by atoms with Gasteiger partial charge in [-0.1, -0.05) is 0 Å². The summed E-state index contributed by atoms with van der Waals surface area (Å²) in [7, 11) is 0. The van der Waals surface area contributed by atoms with Crippen molar-refractivity contribution in [2.45, 2.75) is 20.0 Å². The highest BCUT2D eigenvalue weighted by molar-refractivity contribution is 9.11. The maximum Gasteiger partial charge on any atom is 0.0945 e. The van der Waals surface area contributed by atoms with Gasteiger partial charge in [-0.05, 0) is 63.4 Å². The average molecular weight is 367 g/mol. The van der Waals surface area contributed by atoms with Crippen molar-refractivity contribution in [3.8, 4) is 0 Å². The van der Waals surface area contributed by atoms with Crippen LogP contribution in [0.4, 0.5) is 5.69 Å². The SMILES string of the molecule is CCOCC(O)CNc1c(Br)cc(C)cc1Br. The van der Waals surface area contributed by atoms with E-state index < -0.39 is 6.10 Å². The van der Waals surface area contributed by atoms with E-state index in [-0.39, 0.29) is 0 Å². The molecular formula is C12H17Br2NO2. The van der Waals surface area contributed by atoms with Crippen LogP contribution in [-0.4, -0.2) is 31.0 Å². The van der Waals surface area contributed by atoms with Gasteiger partial charge in [0.15, 0.2) is 0 Å². The van der Waals surface area contributed by atoms with Crippen LogP contribution in [0.2, 0.25) is 0 Å². The number of hydrogen-bond acceptors (Lipinski definition) is 3. The first-order chi connectivity index (χ1) is 8.04. The van der Waals surface area contributed by atoms with E-state index in [1.165, 1.54) is 5.56 Å². The molecule has 0 aromatic heterocycles. The third kappa shape index (κ3) is 4.95. The molecule has 1 unspecified atom stereocenters. The van der Waals surface area contributed by atoms with Gasteiger partial charge in [-0.25, -0.2) is 0 Å². The van der Waals surface area contributed by atoms with E-state index in [0.29, 0.717) is 19.8 Å². The molecule has 0 spiro atoms. The van der Waals surface area contributed by atoms with Crippen molar-refractivity contribution in [1.29, 1.82) is 0 Å². The molecule has 3 nitrogen and oxygen atoms in total. The van der Waals surface area contributed by atoms with Crippen LogP contribution in [0.3, 0.4) is 0 Å². The van der Waals surface area contributed by atoms with E-state index in [9.17, 15) is 5.11 Å². The monoisotopic (exact) mass is 365 g/mol. The lowest BCUT2D eigenvalue weighted by Gasteiger charge is -2.15. The molecule has 1 rings (SSSR count). The Balaban J connectivity index is 2.57. The zero-order valence-electron chi connectivity index (χ0n) is 9.96. The number of aliphatic hydroxyl groups excluding tert-OH is 1. The lowest BCUT2D eigenvalue weighted by molar-refractivity contribution is 0.0496. The van der Waals surface area contributed by atoms with Crippen LogP contribution in [-0.2, 0) is 4.74 Å². The summed E-state index contributed by atoms with van der Waals surface area (Å²) in [6.45, 7) is 5.37. The third-order valence-corrected chi connectivity index (χ3v) is 3.47. The molecule has 1 atom stereocenters. The van der Waals surface area contributed by atoms with Crippen molar-refractivity contribution in [3.63, 3.8) is 0 Å². The van der Waals surface area contributed by atoms with E-state index >= 15 is 0 Å². The van der Waals surface area contributed by atoms with Gasteiger partial charge in [-0.15, -0.1) is 0 Å². The molecule has 0 radical (unpaired) electrons. The van der Waals surface area contributed by atoms with Gasteiger partial charge in [0.05, 0.1) is 18.4 Å². The van der Waals surface area contributed by atoms with Crippen LogP contribution >= 0.6 is 31.9 Å². The van der Waals surface area contributed by atoms with Crippen molar-refractivity contribution >= 4 is 37.5 Å². The van der Waals surface area contributed by atoms with E-state index in [1.54, 1.807) is 0 Å². The Kier molecular flexibility index (Phi) is 6.48. The zero-order valence-corrected chi connectivity index (χ0v) is 13.1. The minimum absolute atomic E-state index is 0.352. The van der Waals surface area contributed by atoms with Crippen LogP contribution in [0.15, 0.2) is 21.1 Å². The Bertz CT molecular complexity index is 349. The molecule has 0 fully saturated rings. The van der Waals surface area contributed by atoms with Crippen molar-refractivity contribution < 1.29 is 9.84 Å². The maximum absolute atomic E-state index is 9.66. The van der Waals surface area contributed by atoms with Gasteiger partial charge in [0.2, 0.25) is 0 Å². The molecule has 2 N–H and O–H groups in total. The number of rotatable bonds is 6. The summed E-state index contributed by atoms with van der Waals surface area (Å²) < 4.78 is 7.11. The average Bonchev–Trinajstić information content (AvgIpc) is 2.24. The van der Waals surface area contributed by atoms with Gasteiger partial charge in [0.1, 0.15) is 0 Å². The highest BCUT2D eigenvalue weighted by Crippen LogP contribution is 2.32. The van der Waals surface area contributed by atoms with Gasteiger partial charge in [0, 0.05) is 22.1 Å². The first kappa shape index (κ1) is 15.0. The van der Waals surface area contributed by atoms with E-state index in [0.717, 1.165) is 14.6 Å². The smallest absolute Gasteiger partial charge is 0.0945 e. The Labute approximate surface area is 119 Å². The number of ether oxygens (including phenoxy) is 1. The summed E-state index contributed by atoms with van der Waals surface area (Å²) in [6.07, 6.45) is -0.505. The minimum atomic E-state index is -0.505. The molecule has 0 heterocycles. The summed E-state index contributed by atoms with van der Waals surface area (Å²) in [5.41, 5.74) is 2.12. The largest absolute Gasteiger partial charge is 0.389 e. The van der Waals surface area contributed by atoms with Crippen molar-refractivity contribution in [3.05, 3.63) is 26.6 Å². The van der Waals surface area contributed by atoms with Crippen LogP contribution < -0.4 is 5.32 Å². The molecular weight excluding hydrogens is 350 g/mol. The summed E-state index contributed by atoms with van der Waals surface area (Å²) in [6, 6.07) is 4.06. The maximum atomic E-state index is 9.66. The Morgan fingerprint density at radius 1 is 1.35 bits per heavy atom. The molecule has 0 saturated carbocycles. The van der Waals surface area contributed by atoms with Gasteiger partial charge in [-0.3, -0.25) is 0 Å². The lowest BCUT2D eigenvalue weighted by Crippen LogP contribution is -2.25. The number of aliphatic hydroxyl groups is 1. The fraction of sp³-hybridized carbons (Fsp3) is 0.500. The molecule has 0 bridgehead atoms. The molecule has 1 aromatic rings. The molecule has 1 aromatic carbocycles. The normalized spacial score (nSPS) is 12.5. The van der Waals surface area contributed by atoms with Crippen LogP contribution in [0, 0.1) is 6.92 Å². The number of aryl methyl sites for hydroxylation is 1. The molecule has 0 aliphatic carbocycles. The Morgan fingerprint density at radius 3 is 2.47 bits per heavy atom. The van der Waals surface area contributed by atoms with Crippen molar-refractivity contribution in [2.75, 3.05) is 25.1 Å². The number of benzene rings is 1. The first-order valence-electron chi connectivity index (χ1n) is 5.50. The molecule has 5 heteroatoms. The summed E-state index contributed by atoms with van der Waals surface area (Å²) in [5.74, 6) is 0. The number of anilines is 1. The standard InChI is InChI=1S/C12H17Br2NO2/c1-3-17-7-9(16)6-15-12-10(13)4-8(2)5-11(12)14/h4-5,9,15-16H,3,6-7H2,1-2H3. The van der Waals surface area contributed by atoms with Gasteiger partial charge < -0.3 is 15.2 Å². The topological polar surface area (TPSA) is 41.5 Å². The molecule has 17 heavy (non-hydrogen) atoms. The number of nitrogens with one attached hydrogen (secondary N) is 1. The zero-order chi connectivity index (χ0) is 12.8. The van der Waals surface area contributed by atoms with E-state index in [4.69, 9.17) is 4.74 Å². The predicted octanol–water partition coefficient (Wildman–Crippen LogP) is 3.33. The predicted molar refractivity (Wildman–Crippen MR) is 77.6 cm³/mol. The van der Waals surface area contributed by atoms with Gasteiger partial charge in [-0.2, -0.15) is 0 Å². The highest BCUT2D eigenvalue weighted by atomic mass is 79.9. The Morgan fingerprint density at radius 2 is 1.94 bits per heavy atom.